The Labute approximate surface area is 272 Å². The number of aliphatic hydroxyl groups excluding tert-OH is 1. The van der Waals surface area contributed by atoms with Gasteiger partial charge in [0, 0.05) is 23.2 Å². The van der Waals surface area contributed by atoms with Crippen LogP contribution in [0.2, 0.25) is 0 Å². The molecule has 4 aliphatic carbocycles. The quantitative estimate of drug-likeness (QED) is 0.232. The Hall–Kier alpha value is -2.04. The fourth-order valence-corrected chi connectivity index (χ4v) is 12.2. The van der Waals surface area contributed by atoms with Gasteiger partial charge < -0.3 is 14.6 Å². The number of rotatable bonds is 7. The molecule has 4 fully saturated rings. The Balaban J connectivity index is 1.03. The maximum atomic E-state index is 12.0. The highest BCUT2D eigenvalue weighted by molar-refractivity contribution is 8.13. The molecule has 45 heavy (non-hydrogen) atoms. The van der Waals surface area contributed by atoms with Crippen LogP contribution in [0.5, 0.6) is 11.5 Å². The van der Waals surface area contributed by atoms with Crippen molar-refractivity contribution >= 4 is 25.7 Å². The van der Waals surface area contributed by atoms with Crippen molar-refractivity contribution in [3.63, 3.8) is 0 Å². The van der Waals surface area contributed by atoms with Crippen molar-refractivity contribution in [3.8, 4) is 11.5 Å². The Morgan fingerprint density at radius 3 is 2.60 bits per heavy atom. The van der Waals surface area contributed by atoms with Crippen LogP contribution in [0.3, 0.4) is 0 Å². The van der Waals surface area contributed by atoms with Crippen LogP contribution in [-0.4, -0.2) is 29.7 Å². The van der Waals surface area contributed by atoms with Gasteiger partial charge in [-0.15, -0.1) is 0 Å². The lowest BCUT2D eigenvalue weighted by Crippen LogP contribution is -2.61. The minimum atomic E-state index is -3.89. The van der Waals surface area contributed by atoms with Crippen molar-refractivity contribution in [2.24, 2.45) is 52.3 Å². The Bertz CT molecular complexity index is 1550. The molecule has 11 heteroatoms. The van der Waals surface area contributed by atoms with Crippen molar-refractivity contribution in [1.29, 1.82) is 0 Å². The maximum absolute atomic E-state index is 12.0. The van der Waals surface area contributed by atoms with Crippen LogP contribution in [0, 0.1) is 52.3 Å². The van der Waals surface area contributed by atoms with Gasteiger partial charge in [0.05, 0.1) is 11.0 Å². The molecule has 0 bridgehead atoms. The summed E-state index contributed by atoms with van der Waals surface area (Å²) in [6.07, 6.45) is 12.1. The van der Waals surface area contributed by atoms with Gasteiger partial charge in [0.1, 0.15) is 0 Å². The van der Waals surface area contributed by atoms with Crippen LogP contribution in [0.15, 0.2) is 23.1 Å². The zero-order chi connectivity index (χ0) is 31.9. The molecule has 4 N–H and O–H groups in total. The third-order valence-electron chi connectivity index (χ3n) is 13.5. The second kappa shape index (κ2) is 11.3. The van der Waals surface area contributed by atoms with E-state index in [-0.39, 0.29) is 22.2 Å². The Kier molecular flexibility index (Phi) is 7.92. The van der Waals surface area contributed by atoms with Crippen molar-refractivity contribution in [1.82, 2.24) is 10.1 Å². The number of benzene rings is 1. The molecule has 1 aromatic heterocycles. The second-order valence-electron chi connectivity index (χ2n) is 15.4. The monoisotopic (exact) mass is 661 g/mol. The molecule has 1 aromatic carbocycles. The standard InChI is InChI=1S/C34H49ClN4O5S/c1-5-21-23-8-6-7-16-33(23,3)25-15-17-34(4)22(11-12-24(34)29(25)30(21)40)19(2)9-14-28-37-31(36)39(38-28)32-43-26-13-10-20(45(35,41)42)18-27(26)44-32/h10,13,18-19,21-25,29-30,32,40H,5-9,11-12,14-17H2,1-4H3,(H2,36,37,38)/p+1/t19-,21-,22-,23+,24+,25+,29+,30-,32?,33+,34-/m1/s1. The fraction of sp³-hybridized carbons (Fsp3) is 0.765. The van der Waals surface area contributed by atoms with E-state index in [1.807, 2.05) is 0 Å². The van der Waals surface area contributed by atoms with E-state index in [1.165, 1.54) is 74.2 Å². The summed E-state index contributed by atoms with van der Waals surface area (Å²) in [4.78, 5) is 3.14. The third-order valence-corrected chi connectivity index (χ3v) is 14.9. The zero-order valence-electron chi connectivity index (χ0n) is 27.0. The maximum Gasteiger partial charge on any atom is 0.401 e. The summed E-state index contributed by atoms with van der Waals surface area (Å²) in [6, 6.07) is 4.24. The number of fused-ring (bicyclic) bond motifs is 6. The lowest BCUT2D eigenvalue weighted by molar-refractivity contribution is -0.817. The molecular weight excluding hydrogens is 612 g/mol. The van der Waals surface area contributed by atoms with Crippen LogP contribution in [0.1, 0.15) is 104 Å². The van der Waals surface area contributed by atoms with Crippen molar-refractivity contribution in [2.75, 3.05) is 5.73 Å². The first-order valence-electron chi connectivity index (χ1n) is 17.2. The van der Waals surface area contributed by atoms with E-state index < -0.39 is 15.5 Å². The summed E-state index contributed by atoms with van der Waals surface area (Å²) in [6.45, 7) is 9.86. The van der Waals surface area contributed by atoms with Gasteiger partial charge in [-0.3, -0.25) is 5.73 Å². The van der Waals surface area contributed by atoms with E-state index >= 15 is 0 Å². The molecule has 2 aromatic rings. The molecule has 5 aliphatic rings. The van der Waals surface area contributed by atoms with Gasteiger partial charge in [0.25, 0.3) is 9.05 Å². The second-order valence-corrected chi connectivity index (χ2v) is 18.0. The number of nitrogens with one attached hydrogen (secondary N) is 1. The summed E-state index contributed by atoms with van der Waals surface area (Å²) < 4.78 is 36.6. The molecule has 248 valence electrons. The normalized spacial score (nSPS) is 39.6. The van der Waals surface area contributed by atoms with E-state index in [1.54, 1.807) is 0 Å². The van der Waals surface area contributed by atoms with Crippen molar-refractivity contribution in [3.05, 3.63) is 24.0 Å². The summed E-state index contributed by atoms with van der Waals surface area (Å²) in [5.41, 5.74) is 6.94. The minimum absolute atomic E-state index is 0.0614. The predicted molar refractivity (Wildman–Crippen MR) is 171 cm³/mol. The lowest BCUT2D eigenvalue weighted by atomic mass is 9.41. The zero-order valence-corrected chi connectivity index (χ0v) is 28.6. The smallest absolute Gasteiger partial charge is 0.401 e. The molecule has 2 heterocycles. The number of ether oxygens (including phenoxy) is 2. The number of halogens is 1. The number of nitrogen functional groups attached to an aromatic ring is 1. The number of aromatic nitrogens is 3. The number of hydrogen-bond donors (Lipinski definition) is 3. The van der Waals surface area contributed by atoms with E-state index in [9.17, 15) is 13.5 Å². The van der Waals surface area contributed by atoms with Gasteiger partial charge in [0.2, 0.25) is 5.82 Å². The summed E-state index contributed by atoms with van der Waals surface area (Å²) in [5, 5.41) is 16.7. The molecule has 0 radical (unpaired) electrons. The number of nitrogens with two attached hydrogens (primary N) is 1. The average molecular weight is 662 g/mol. The average Bonchev–Trinajstić information content (AvgIpc) is 3.69. The Morgan fingerprint density at radius 1 is 1.09 bits per heavy atom. The van der Waals surface area contributed by atoms with E-state index in [0.717, 1.165) is 25.1 Å². The van der Waals surface area contributed by atoms with Gasteiger partial charge in [-0.1, -0.05) is 56.7 Å². The summed E-state index contributed by atoms with van der Waals surface area (Å²) in [7, 11) is 1.60. The molecule has 7 rings (SSSR count). The van der Waals surface area contributed by atoms with E-state index in [0.29, 0.717) is 58.5 Å². The molecule has 0 saturated heterocycles. The number of aryl methyl sites for hydroxylation is 1. The van der Waals surface area contributed by atoms with Crippen LogP contribution >= 0.6 is 10.7 Å². The molecule has 0 spiro atoms. The highest BCUT2D eigenvalue weighted by Crippen LogP contribution is 2.69. The number of anilines is 1. The number of nitrogens with zero attached hydrogens (tertiary/aromatic N) is 2. The highest BCUT2D eigenvalue weighted by Gasteiger charge is 2.64. The van der Waals surface area contributed by atoms with Gasteiger partial charge in [-0.05, 0) is 109 Å². The molecule has 9 nitrogen and oxygen atoms in total. The largest absolute Gasteiger partial charge is 0.421 e. The fourth-order valence-electron chi connectivity index (χ4n) is 11.4. The van der Waals surface area contributed by atoms with Gasteiger partial charge in [-0.25, -0.2) is 13.4 Å². The first kappa shape index (κ1) is 31.6. The van der Waals surface area contributed by atoms with E-state index in [4.69, 9.17) is 25.9 Å². The third kappa shape index (κ3) is 5.07. The van der Waals surface area contributed by atoms with Gasteiger partial charge >= 0.3 is 12.4 Å². The van der Waals surface area contributed by atoms with Crippen LogP contribution in [0.4, 0.5) is 5.95 Å². The topological polar surface area (TPSA) is 131 Å². The lowest BCUT2D eigenvalue weighted by Gasteiger charge is -2.64. The highest BCUT2D eigenvalue weighted by atomic mass is 35.7. The molecular formula is C34H50ClN4O5S+. The molecule has 0 amide bonds. The summed E-state index contributed by atoms with van der Waals surface area (Å²) in [5.74, 6) is 5.69. The number of H-pyrrole nitrogens is 1. The number of hydrogen-bond acceptors (Lipinski definition) is 7. The van der Waals surface area contributed by atoms with Crippen molar-refractivity contribution in [2.45, 2.75) is 116 Å². The predicted octanol–water partition coefficient (Wildman–Crippen LogP) is 6.36. The molecule has 4 saturated carbocycles. The van der Waals surface area contributed by atoms with Gasteiger partial charge in [-0.2, -0.15) is 0 Å². The minimum Gasteiger partial charge on any atom is -0.421 e. The van der Waals surface area contributed by atoms with Crippen LogP contribution in [-0.2, 0) is 15.5 Å². The Morgan fingerprint density at radius 2 is 1.84 bits per heavy atom. The van der Waals surface area contributed by atoms with Crippen LogP contribution < -0.4 is 19.9 Å². The summed E-state index contributed by atoms with van der Waals surface area (Å²) >= 11 is 0. The van der Waals surface area contributed by atoms with E-state index in [2.05, 4.69) is 37.8 Å². The van der Waals surface area contributed by atoms with Crippen molar-refractivity contribution < 1.29 is 27.7 Å². The first-order valence-corrected chi connectivity index (χ1v) is 19.5. The number of aromatic amines is 1. The SMILES string of the molecule is CC[C@H]1[C@@H](O)[C@@H]2[C@H](CC[C@]3(C)[C@@H]([C@H](C)CCc4n[n+](C5Oc6ccc(S(=O)(=O)Cl)cc6O5)c(N)[nH]4)CC[C@@H]23)[C@@]2(C)CCCC[C@@H]12. The number of aliphatic hydroxyl groups is 1. The molecule has 1 unspecified atom stereocenters. The molecule has 11 atom stereocenters. The first-order chi connectivity index (χ1) is 21.3. The molecule has 1 aliphatic heterocycles. The van der Waals surface area contributed by atoms with Gasteiger partial charge in [0.15, 0.2) is 11.5 Å². The van der Waals surface area contributed by atoms with Crippen LogP contribution in [0.25, 0.3) is 0 Å².